The Labute approximate surface area is 326 Å². The van der Waals surface area contributed by atoms with Crippen LogP contribution in [-0.4, -0.2) is 60.2 Å². The molecule has 0 aromatic rings. The number of nitrogens with one attached hydrogen (secondary N) is 6. The van der Waals surface area contributed by atoms with Crippen LogP contribution in [0.25, 0.3) is 0 Å². The third kappa shape index (κ3) is 6.59. The van der Waals surface area contributed by atoms with Crippen LogP contribution < -0.4 is 32.4 Å². The van der Waals surface area contributed by atoms with Gasteiger partial charge in [-0.05, 0) is 113 Å². The quantitative estimate of drug-likeness (QED) is 0.168. The molecule has 10 heteroatoms. The van der Waals surface area contributed by atoms with Crippen molar-refractivity contribution in [3.05, 3.63) is 0 Å². The monoisotopic (exact) mass is 750 g/mol. The Balaban J connectivity index is 0.956. The fourth-order valence-electron chi connectivity index (χ4n) is 16.0. The Bertz CT molecular complexity index is 1240. The Morgan fingerprint density at radius 2 is 0.704 bits per heavy atom. The summed E-state index contributed by atoms with van der Waals surface area (Å²) in [5.74, 6) is 6.17. The number of likely N-dealkylation sites (tertiary alicyclic amines) is 1. The molecule has 0 aromatic carbocycles. The molecule has 8 saturated carbocycles. The van der Waals surface area contributed by atoms with Crippen LogP contribution in [-0.2, 0) is 14.5 Å². The van der Waals surface area contributed by atoms with Crippen LogP contribution in [0, 0.1) is 59.2 Å². The topological polar surface area (TPSA) is 103 Å². The number of rotatable bonds is 7. The minimum atomic E-state index is 0.118. The molecule has 4 saturated heterocycles. The van der Waals surface area contributed by atoms with E-state index in [0.717, 1.165) is 23.9 Å². The van der Waals surface area contributed by atoms with Crippen LogP contribution in [0.2, 0.25) is 0 Å². The van der Waals surface area contributed by atoms with Gasteiger partial charge in [0.2, 0.25) is 0 Å². The lowest BCUT2D eigenvalue weighted by molar-refractivity contribution is -0.156. The van der Waals surface area contributed by atoms with E-state index in [9.17, 15) is 0 Å². The highest BCUT2D eigenvalue weighted by molar-refractivity contribution is 5.16. The van der Waals surface area contributed by atoms with Crippen molar-refractivity contribution in [2.75, 3.05) is 0 Å². The SMILES string of the molecule is C1CCC(C2NC(C3C4CCC(C3C3NOC(C5CCCCC5)N3)C(N3C5CCCCC5C5CCCCC53)C4C3NOC(C4CCCCC4)N3)NO2)CC1. The van der Waals surface area contributed by atoms with Gasteiger partial charge in [0.1, 0.15) is 18.7 Å². The van der Waals surface area contributed by atoms with E-state index in [1.807, 2.05) is 0 Å². The molecule has 16 unspecified atom stereocenters. The largest absolute Gasteiger partial charge is 0.293 e. The van der Waals surface area contributed by atoms with Crippen LogP contribution in [0.3, 0.4) is 0 Å². The minimum Gasteiger partial charge on any atom is -0.293 e. The van der Waals surface area contributed by atoms with Gasteiger partial charge in [-0.2, -0.15) is 16.4 Å². The van der Waals surface area contributed by atoms with Crippen LogP contribution in [0.1, 0.15) is 161 Å². The summed E-state index contributed by atoms with van der Waals surface area (Å²) in [5, 5.41) is 12.6. The van der Waals surface area contributed by atoms with E-state index in [4.69, 9.17) is 14.5 Å². The van der Waals surface area contributed by atoms with Gasteiger partial charge >= 0.3 is 0 Å². The molecule has 10 nitrogen and oxygen atoms in total. The molecule has 0 amide bonds. The average Bonchev–Trinajstić information content (AvgIpc) is 4.08. The van der Waals surface area contributed by atoms with Crippen molar-refractivity contribution < 1.29 is 14.5 Å². The molecule has 4 heterocycles. The van der Waals surface area contributed by atoms with Crippen molar-refractivity contribution in [2.24, 2.45) is 59.2 Å². The first kappa shape index (κ1) is 36.7. The zero-order chi connectivity index (χ0) is 35.6. The molecule has 0 radical (unpaired) electrons. The molecule has 0 spiro atoms. The van der Waals surface area contributed by atoms with Gasteiger partial charge in [0.25, 0.3) is 0 Å². The van der Waals surface area contributed by atoms with E-state index < -0.39 is 0 Å². The molecular weight excluding hydrogens is 675 g/mol. The third-order valence-corrected chi connectivity index (χ3v) is 18.2. The molecule has 2 bridgehead atoms. The van der Waals surface area contributed by atoms with Crippen molar-refractivity contribution in [1.82, 2.24) is 37.3 Å². The first-order chi connectivity index (χ1) is 26.8. The average molecular weight is 750 g/mol. The van der Waals surface area contributed by atoms with Crippen LogP contribution in [0.5, 0.6) is 0 Å². The number of fused-ring (bicyclic) bond motifs is 6. The minimum absolute atomic E-state index is 0.118. The maximum atomic E-state index is 6.67. The molecule has 54 heavy (non-hydrogen) atoms. The van der Waals surface area contributed by atoms with Gasteiger partial charge in [-0.25, -0.2) is 0 Å². The van der Waals surface area contributed by atoms with Crippen molar-refractivity contribution in [3.63, 3.8) is 0 Å². The first-order valence-electron chi connectivity index (χ1n) is 24.1. The molecule has 0 aromatic heterocycles. The summed E-state index contributed by atoms with van der Waals surface area (Å²) in [4.78, 5) is 23.2. The highest BCUT2D eigenvalue weighted by Crippen LogP contribution is 2.61. The Kier molecular flexibility index (Phi) is 10.9. The van der Waals surface area contributed by atoms with E-state index in [2.05, 4.69) is 37.3 Å². The maximum Gasteiger partial charge on any atom is 0.133 e. The van der Waals surface area contributed by atoms with E-state index in [1.165, 1.54) is 161 Å². The van der Waals surface area contributed by atoms with Crippen molar-refractivity contribution in [3.8, 4) is 0 Å². The molecule has 12 fully saturated rings. The predicted molar refractivity (Wildman–Crippen MR) is 208 cm³/mol. The molecule has 8 aliphatic carbocycles. The Hall–Kier alpha value is -0.400. The van der Waals surface area contributed by atoms with E-state index in [-0.39, 0.29) is 37.2 Å². The second-order valence-electron chi connectivity index (χ2n) is 20.7. The fraction of sp³-hybridized carbons (Fsp3) is 1.00. The summed E-state index contributed by atoms with van der Waals surface area (Å²) in [6.07, 6.45) is 35.0. The number of nitrogens with zero attached hydrogens (tertiary/aromatic N) is 1. The van der Waals surface area contributed by atoms with Gasteiger partial charge in [0.15, 0.2) is 0 Å². The van der Waals surface area contributed by atoms with Gasteiger partial charge in [0.05, 0.1) is 18.5 Å². The lowest BCUT2D eigenvalue weighted by Gasteiger charge is -2.63. The van der Waals surface area contributed by atoms with Gasteiger partial charge in [0, 0.05) is 41.8 Å². The molecule has 6 N–H and O–H groups in total. The van der Waals surface area contributed by atoms with E-state index in [0.29, 0.717) is 53.4 Å². The lowest BCUT2D eigenvalue weighted by Crippen LogP contribution is -2.72. The highest BCUT2D eigenvalue weighted by atomic mass is 16.7. The summed E-state index contributed by atoms with van der Waals surface area (Å²) in [5.41, 5.74) is 11.3. The summed E-state index contributed by atoms with van der Waals surface area (Å²) < 4.78 is 0. The molecular formula is C44H75N7O3. The van der Waals surface area contributed by atoms with Crippen molar-refractivity contribution in [2.45, 2.75) is 216 Å². The summed E-state index contributed by atoms with van der Waals surface area (Å²) in [6, 6.07) is 2.06. The van der Waals surface area contributed by atoms with Crippen molar-refractivity contribution >= 4 is 0 Å². The number of hydrogen-bond acceptors (Lipinski definition) is 10. The summed E-state index contributed by atoms with van der Waals surface area (Å²) >= 11 is 0. The van der Waals surface area contributed by atoms with Gasteiger partial charge < -0.3 is 0 Å². The standard InChI is InChI=1S/C44H75N7O3/c1-4-14-26(15-5-1)42-45-39(48-52-42)35-31-24-25-32(36(35)40-46-43(53-49-40)27-16-6-2-7-17-27)38(37(31)41-47-44(54-50-41)28-18-8-3-9-19-28)51-33-22-12-10-20-29(33)30-21-11-13-23-34(30)51/h26-50H,1-25H2. The second-order valence-corrected chi connectivity index (χ2v) is 20.7. The predicted octanol–water partition coefficient (Wildman–Crippen LogP) is 6.75. The Morgan fingerprint density at radius 1 is 0.333 bits per heavy atom. The molecule has 12 rings (SSSR count). The molecule has 16 atom stereocenters. The zero-order valence-electron chi connectivity index (χ0n) is 33.3. The summed E-state index contributed by atoms with van der Waals surface area (Å²) in [6.45, 7) is 0. The fourth-order valence-corrected chi connectivity index (χ4v) is 16.0. The van der Waals surface area contributed by atoms with Crippen LogP contribution >= 0.6 is 0 Å². The lowest BCUT2D eigenvalue weighted by atomic mass is 9.49. The summed E-state index contributed by atoms with van der Waals surface area (Å²) in [7, 11) is 0. The maximum absolute atomic E-state index is 6.67. The molecule has 304 valence electrons. The number of hydrogen-bond donors (Lipinski definition) is 6. The zero-order valence-corrected chi connectivity index (χ0v) is 33.3. The van der Waals surface area contributed by atoms with Crippen molar-refractivity contribution in [1.29, 1.82) is 0 Å². The Morgan fingerprint density at radius 3 is 1.17 bits per heavy atom. The highest BCUT2D eigenvalue weighted by Gasteiger charge is 2.66. The molecule has 4 aliphatic heterocycles. The van der Waals surface area contributed by atoms with Gasteiger partial charge in [-0.15, -0.1) is 0 Å². The smallest absolute Gasteiger partial charge is 0.133 e. The van der Waals surface area contributed by atoms with E-state index >= 15 is 0 Å². The third-order valence-electron chi connectivity index (χ3n) is 18.2. The molecule has 12 aliphatic rings. The van der Waals surface area contributed by atoms with E-state index in [1.54, 1.807) is 0 Å². The van der Waals surface area contributed by atoms with Crippen LogP contribution in [0.15, 0.2) is 0 Å². The van der Waals surface area contributed by atoms with Crippen LogP contribution in [0.4, 0.5) is 0 Å². The second kappa shape index (κ2) is 16.0. The normalized spacial score (nSPS) is 51.1. The first-order valence-corrected chi connectivity index (χ1v) is 24.1. The number of hydroxylamine groups is 3. The van der Waals surface area contributed by atoms with Gasteiger partial charge in [-0.3, -0.25) is 35.4 Å². The van der Waals surface area contributed by atoms with Gasteiger partial charge in [-0.1, -0.05) is 83.5 Å².